The Morgan fingerprint density at radius 3 is 2.42 bits per heavy atom. The summed E-state index contributed by atoms with van der Waals surface area (Å²) in [6, 6.07) is 8.96. The van der Waals surface area contributed by atoms with Gasteiger partial charge >= 0.3 is 5.97 Å². The fourth-order valence-electron chi connectivity index (χ4n) is 5.15. The highest BCUT2D eigenvalue weighted by Gasteiger charge is 2.52. The number of carbonyl (C=O) groups excluding carboxylic acids is 1. The Morgan fingerprint density at radius 1 is 1.02 bits per heavy atom. The Bertz CT molecular complexity index is 1030. The number of fused-ring (bicyclic) bond motifs is 1. The van der Waals surface area contributed by atoms with Crippen molar-refractivity contribution in [2.24, 2.45) is 5.11 Å². The summed E-state index contributed by atoms with van der Waals surface area (Å²) in [7, 11) is 0. The Labute approximate surface area is 252 Å². The van der Waals surface area contributed by atoms with Crippen LogP contribution < -0.4 is 0 Å². The van der Waals surface area contributed by atoms with Crippen LogP contribution in [0, 0.1) is 0 Å². The van der Waals surface area contributed by atoms with Crippen LogP contribution in [-0.2, 0) is 47.4 Å². The van der Waals surface area contributed by atoms with Gasteiger partial charge in [0, 0.05) is 30.6 Å². The van der Waals surface area contributed by atoms with Crippen LogP contribution in [0.3, 0.4) is 0 Å². The summed E-state index contributed by atoms with van der Waals surface area (Å²) in [5.41, 5.74) is 9.89. The number of carbonyl (C=O) groups is 1. The van der Waals surface area contributed by atoms with Crippen LogP contribution in [0.2, 0.25) is 0 Å². The molecule has 1 aromatic carbocycles. The lowest BCUT2D eigenvalue weighted by molar-refractivity contribution is -0.376. The van der Waals surface area contributed by atoms with E-state index in [0.717, 1.165) is 31.2 Å². The predicted octanol–water partition coefficient (Wildman–Crippen LogP) is 4.58. The van der Waals surface area contributed by atoms with E-state index in [1.54, 1.807) is 0 Å². The summed E-state index contributed by atoms with van der Waals surface area (Å²) < 4.78 is 55.2. The molecule has 0 N–H and O–H groups in total. The quantitative estimate of drug-likeness (QED) is 0.0859. The second kappa shape index (κ2) is 17.2. The summed E-state index contributed by atoms with van der Waals surface area (Å²) in [4.78, 5) is 14.1. The van der Waals surface area contributed by atoms with Crippen molar-refractivity contribution in [3.05, 3.63) is 46.3 Å². The van der Waals surface area contributed by atoms with Crippen molar-refractivity contribution in [1.29, 1.82) is 0 Å². The Morgan fingerprint density at radius 2 is 1.74 bits per heavy atom. The Hall–Kier alpha value is -2.32. The first-order valence-corrected chi connectivity index (χ1v) is 15.3. The lowest BCUT2D eigenvalue weighted by Gasteiger charge is -2.49. The van der Waals surface area contributed by atoms with Gasteiger partial charge in [0.1, 0.15) is 43.2 Å². The molecule has 3 aliphatic rings. The Balaban J connectivity index is 1.48. The fourth-order valence-corrected chi connectivity index (χ4v) is 5.15. The topological polar surface area (TPSA) is 149 Å². The first-order valence-electron chi connectivity index (χ1n) is 15.3. The number of rotatable bonds is 16. The lowest BCUT2D eigenvalue weighted by atomic mass is 9.97. The highest BCUT2D eigenvalue weighted by molar-refractivity contribution is 5.65. The molecule has 13 heteroatoms. The van der Waals surface area contributed by atoms with E-state index >= 15 is 0 Å². The van der Waals surface area contributed by atoms with Crippen molar-refractivity contribution in [3.63, 3.8) is 0 Å². The van der Waals surface area contributed by atoms with Crippen molar-refractivity contribution in [2.45, 2.75) is 115 Å². The number of hydrogen-bond acceptors (Lipinski definition) is 11. The maximum absolute atomic E-state index is 11.3. The average molecular weight is 608 g/mol. The van der Waals surface area contributed by atoms with Crippen LogP contribution in [0.1, 0.15) is 65.2 Å². The van der Waals surface area contributed by atoms with Gasteiger partial charge in [-0.25, -0.2) is 0 Å². The van der Waals surface area contributed by atoms with Gasteiger partial charge in [0.05, 0.1) is 19.3 Å². The van der Waals surface area contributed by atoms with E-state index in [-0.39, 0.29) is 13.2 Å². The van der Waals surface area contributed by atoms with Crippen LogP contribution in [-0.4, -0.2) is 94.2 Å². The summed E-state index contributed by atoms with van der Waals surface area (Å²) in [6.07, 6.45) is -1.41. The van der Waals surface area contributed by atoms with Crippen molar-refractivity contribution in [2.75, 3.05) is 33.0 Å². The molecule has 0 aromatic heterocycles. The average Bonchev–Trinajstić information content (AvgIpc) is 3.51. The smallest absolute Gasteiger partial charge is 0.302 e. The van der Waals surface area contributed by atoms with Crippen molar-refractivity contribution in [1.82, 2.24) is 0 Å². The van der Waals surface area contributed by atoms with Crippen molar-refractivity contribution >= 4 is 5.97 Å². The van der Waals surface area contributed by atoms with Gasteiger partial charge in [-0.15, -0.1) is 0 Å². The standard InChI is InChI=1S/C30H45N3O10/c1-5-7-14-35-26-25-24(18-38-28(43-25)21-12-10-9-11-13-21)42-30(27(26)36-15-8-6-2)40-19(3)23-17-39-29(41-23)22(32-33-31)16-37-20(4)34/h9-13,19,22-30H,5-8,14-18H2,1-4H3/t19-,22-,23?,24-,25+,26?,27-,28?,29+,30+/m0/s1. The van der Waals surface area contributed by atoms with Crippen LogP contribution in [0.25, 0.3) is 10.4 Å². The number of unbranched alkanes of at least 4 members (excludes halogenated alkanes) is 2. The minimum absolute atomic E-state index is 0.158. The number of ether oxygens (including phenoxy) is 9. The summed E-state index contributed by atoms with van der Waals surface area (Å²) in [5.74, 6) is -0.493. The molecule has 43 heavy (non-hydrogen) atoms. The third-order valence-corrected chi connectivity index (χ3v) is 7.55. The number of esters is 1. The van der Waals surface area contributed by atoms with E-state index in [4.69, 9.17) is 48.2 Å². The van der Waals surface area contributed by atoms with Crippen molar-refractivity contribution in [3.8, 4) is 0 Å². The molecule has 3 aliphatic heterocycles. The van der Waals surface area contributed by atoms with Gasteiger partial charge in [-0.05, 0) is 25.3 Å². The van der Waals surface area contributed by atoms with E-state index in [1.807, 2.05) is 37.3 Å². The zero-order valence-electron chi connectivity index (χ0n) is 25.4. The molecule has 0 bridgehead atoms. The normalized spacial score (nSPS) is 31.9. The molecule has 0 saturated carbocycles. The molecule has 3 saturated heterocycles. The molecular formula is C30H45N3O10. The van der Waals surface area contributed by atoms with E-state index in [1.165, 1.54) is 6.92 Å². The Kier molecular flexibility index (Phi) is 13.5. The van der Waals surface area contributed by atoms with Crippen LogP contribution in [0.5, 0.6) is 0 Å². The molecule has 3 heterocycles. The maximum Gasteiger partial charge on any atom is 0.302 e. The van der Waals surface area contributed by atoms with Gasteiger partial charge < -0.3 is 42.6 Å². The maximum atomic E-state index is 11.3. The fraction of sp³-hybridized carbons (Fsp3) is 0.767. The minimum Gasteiger partial charge on any atom is -0.465 e. The highest BCUT2D eigenvalue weighted by atomic mass is 16.8. The van der Waals surface area contributed by atoms with Gasteiger partial charge in [0.2, 0.25) is 0 Å². The molecule has 0 aliphatic carbocycles. The second-order valence-corrected chi connectivity index (χ2v) is 10.9. The first kappa shape index (κ1) is 33.6. The molecule has 0 radical (unpaired) electrons. The minimum atomic E-state index is -0.889. The zero-order chi connectivity index (χ0) is 30.6. The number of azide groups is 1. The molecule has 13 nitrogen and oxygen atoms in total. The van der Waals surface area contributed by atoms with E-state index in [2.05, 4.69) is 23.9 Å². The molecule has 0 amide bonds. The zero-order valence-corrected chi connectivity index (χ0v) is 25.4. The van der Waals surface area contributed by atoms with Crippen LogP contribution in [0.15, 0.2) is 35.4 Å². The van der Waals surface area contributed by atoms with E-state index in [0.29, 0.717) is 19.8 Å². The van der Waals surface area contributed by atoms with Gasteiger partial charge in [-0.2, -0.15) is 0 Å². The highest BCUT2D eigenvalue weighted by Crippen LogP contribution is 2.37. The largest absolute Gasteiger partial charge is 0.465 e. The molecule has 240 valence electrons. The van der Waals surface area contributed by atoms with E-state index in [9.17, 15) is 4.79 Å². The predicted molar refractivity (Wildman–Crippen MR) is 153 cm³/mol. The van der Waals surface area contributed by atoms with E-state index < -0.39 is 67.5 Å². The molecule has 3 fully saturated rings. The third-order valence-electron chi connectivity index (χ3n) is 7.55. The molecule has 4 rings (SSSR count). The van der Waals surface area contributed by atoms with Gasteiger partial charge in [0.25, 0.3) is 0 Å². The summed E-state index contributed by atoms with van der Waals surface area (Å²) >= 11 is 0. The number of hydrogen-bond donors (Lipinski definition) is 0. The van der Waals surface area contributed by atoms with Gasteiger partial charge in [-0.1, -0.05) is 62.1 Å². The lowest BCUT2D eigenvalue weighted by Crippen LogP contribution is -2.64. The third kappa shape index (κ3) is 9.34. The number of nitrogens with zero attached hydrogens (tertiary/aromatic N) is 3. The summed E-state index contributed by atoms with van der Waals surface area (Å²) in [5, 5.41) is 3.68. The molecule has 0 spiro atoms. The van der Waals surface area contributed by atoms with Crippen LogP contribution in [0.4, 0.5) is 0 Å². The van der Waals surface area contributed by atoms with Gasteiger partial charge in [0.15, 0.2) is 18.9 Å². The summed E-state index contributed by atoms with van der Waals surface area (Å²) in [6.45, 7) is 8.73. The first-order chi connectivity index (χ1) is 20.9. The van der Waals surface area contributed by atoms with Gasteiger partial charge in [-0.3, -0.25) is 4.79 Å². The van der Waals surface area contributed by atoms with Crippen LogP contribution >= 0.6 is 0 Å². The molecular weight excluding hydrogens is 562 g/mol. The molecule has 1 aromatic rings. The number of benzene rings is 1. The monoisotopic (exact) mass is 607 g/mol. The molecule has 3 unspecified atom stereocenters. The second-order valence-electron chi connectivity index (χ2n) is 10.9. The van der Waals surface area contributed by atoms with Crippen molar-refractivity contribution < 1.29 is 47.4 Å². The SMILES string of the molecule is CCCCOC1[C@H](OCCCC)[C@H](O[C@@H](C)C2CO[C@@H]([C@H](COC(C)=O)N=[N+]=[N-])O2)O[C@H]2COC(c3ccccc3)O[C@@H]12. The molecule has 10 atom stereocenters.